The highest BCUT2D eigenvalue weighted by atomic mass is 19.4. The van der Waals surface area contributed by atoms with Gasteiger partial charge in [0.2, 0.25) is 0 Å². The molecule has 0 aliphatic rings. The lowest BCUT2D eigenvalue weighted by atomic mass is 10.2. The van der Waals surface area contributed by atoms with Crippen LogP contribution >= 0.6 is 0 Å². The Labute approximate surface area is 107 Å². The monoisotopic (exact) mass is 277 g/mol. The molecule has 106 valence electrons. The molecule has 0 radical (unpaired) electrons. The lowest BCUT2D eigenvalue weighted by Crippen LogP contribution is -2.25. The van der Waals surface area contributed by atoms with Gasteiger partial charge in [0.25, 0.3) is 0 Å². The van der Waals surface area contributed by atoms with Gasteiger partial charge in [0, 0.05) is 12.5 Å². The smallest absolute Gasteiger partial charge is 0.409 e. The number of oxime groups is 1. The summed E-state index contributed by atoms with van der Waals surface area (Å²) in [4.78, 5) is 0. The highest BCUT2D eigenvalue weighted by Gasteiger charge is 2.32. The van der Waals surface area contributed by atoms with Gasteiger partial charge < -0.3 is 21.0 Å². The molecule has 1 rings (SSSR count). The zero-order valence-electron chi connectivity index (χ0n) is 10.1. The minimum Gasteiger partial charge on any atom is -0.409 e. The number of ether oxygens (including phenoxy) is 1. The lowest BCUT2D eigenvalue weighted by Gasteiger charge is -2.18. The Bertz CT molecular complexity index is 449. The van der Waals surface area contributed by atoms with Gasteiger partial charge in [-0.05, 0) is 19.1 Å². The van der Waals surface area contributed by atoms with Crippen molar-refractivity contribution in [3.63, 3.8) is 0 Å². The molecule has 0 saturated carbocycles. The van der Waals surface area contributed by atoms with Crippen LogP contribution in [0.1, 0.15) is 13.3 Å². The summed E-state index contributed by atoms with van der Waals surface area (Å²) in [6.45, 7) is 1.68. The first-order chi connectivity index (χ1) is 8.81. The molecule has 8 heteroatoms. The molecule has 4 N–H and O–H groups in total. The van der Waals surface area contributed by atoms with Crippen LogP contribution in [0, 0.1) is 0 Å². The molecule has 0 fully saturated rings. The first-order valence-corrected chi connectivity index (χ1v) is 5.39. The molecule has 0 spiro atoms. The number of nitrogens with two attached hydrogens (primary N) is 1. The number of benzene rings is 1. The Kier molecular flexibility index (Phi) is 4.85. The number of alkyl halides is 3. The fourth-order valence-electron chi connectivity index (χ4n) is 1.47. The largest absolute Gasteiger partial charge is 0.573 e. The minimum atomic E-state index is -4.76. The van der Waals surface area contributed by atoms with E-state index in [1.165, 1.54) is 18.2 Å². The van der Waals surface area contributed by atoms with Crippen molar-refractivity contribution in [2.75, 3.05) is 5.32 Å². The zero-order chi connectivity index (χ0) is 14.5. The molecule has 0 aromatic heterocycles. The van der Waals surface area contributed by atoms with Crippen LogP contribution in [0.4, 0.5) is 18.9 Å². The number of hydrogen-bond acceptors (Lipinski definition) is 4. The van der Waals surface area contributed by atoms with E-state index >= 15 is 0 Å². The quantitative estimate of drug-likeness (QED) is 0.334. The molecule has 0 aliphatic carbocycles. The van der Waals surface area contributed by atoms with Crippen LogP contribution < -0.4 is 15.8 Å². The van der Waals surface area contributed by atoms with Crippen molar-refractivity contribution in [1.82, 2.24) is 0 Å². The predicted molar refractivity (Wildman–Crippen MR) is 64.2 cm³/mol. The summed E-state index contributed by atoms with van der Waals surface area (Å²) in [6, 6.07) is 5.33. The third-order valence-electron chi connectivity index (χ3n) is 2.16. The first kappa shape index (κ1) is 14.9. The van der Waals surface area contributed by atoms with Crippen molar-refractivity contribution in [1.29, 1.82) is 0 Å². The van der Waals surface area contributed by atoms with Crippen LogP contribution in [-0.4, -0.2) is 23.4 Å². The number of hydrogen-bond donors (Lipinski definition) is 3. The Balaban J connectivity index is 2.78. The van der Waals surface area contributed by atoms with Gasteiger partial charge in [0.1, 0.15) is 5.84 Å². The molecule has 0 amide bonds. The molecule has 1 unspecified atom stereocenters. The Hall–Kier alpha value is -2.12. The molecule has 1 aromatic carbocycles. The fourth-order valence-corrected chi connectivity index (χ4v) is 1.47. The molecular weight excluding hydrogens is 263 g/mol. The number of rotatable bonds is 5. The van der Waals surface area contributed by atoms with Crippen molar-refractivity contribution in [2.45, 2.75) is 25.7 Å². The van der Waals surface area contributed by atoms with E-state index in [4.69, 9.17) is 10.9 Å². The summed E-state index contributed by atoms with van der Waals surface area (Å²) >= 11 is 0. The summed E-state index contributed by atoms with van der Waals surface area (Å²) in [5.74, 6) is -0.351. The molecule has 19 heavy (non-hydrogen) atoms. The maximum atomic E-state index is 12.2. The maximum absolute atomic E-state index is 12.2. The molecule has 0 bridgehead atoms. The number of nitrogens with one attached hydrogen (secondary N) is 1. The van der Waals surface area contributed by atoms with Gasteiger partial charge in [0.05, 0.1) is 5.69 Å². The van der Waals surface area contributed by atoms with Gasteiger partial charge in [-0.3, -0.25) is 0 Å². The molecule has 1 atom stereocenters. The number of anilines is 1. The molecule has 0 aliphatic heterocycles. The van der Waals surface area contributed by atoms with Crippen molar-refractivity contribution in [2.24, 2.45) is 10.9 Å². The second kappa shape index (κ2) is 6.17. The van der Waals surface area contributed by atoms with E-state index in [0.29, 0.717) is 0 Å². The van der Waals surface area contributed by atoms with E-state index in [-0.39, 0.29) is 29.7 Å². The minimum absolute atomic E-state index is 0.0192. The third-order valence-corrected chi connectivity index (χ3v) is 2.16. The summed E-state index contributed by atoms with van der Waals surface area (Å²) < 4.78 is 40.5. The van der Waals surface area contributed by atoms with Crippen molar-refractivity contribution in [3.8, 4) is 5.75 Å². The average molecular weight is 277 g/mol. The lowest BCUT2D eigenvalue weighted by molar-refractivity contribution is -0.274. The zero-order valence-corrected chi connectivity index (χ0v) is 10.1. The van der Waals surface area contributed by atoms with E-state index < -0.39 is 6.36 Å². The highest BCUT2D eigenvalue weighted by Crippen LogP contribution is 2.30. The van der Waals surface area contributed by atoms with E-state index in [0.717, 1.165) is 0 Å². The topological polar surface area (TPSA) is 79.9 Å². The standard InChI is InChI=1S/C11H14F3N3O2/c1-7(6-10(15)17-18)16-8-4-2-3-5-9(8)19-11(12,13)14/h2-5,7,16,18H,6H2,1H3,(H2,15,17). The van der Waals surface area contributed by atoms with Crippen LogP contribution in [0.15, 0.2) is 29.4 Å². The van der Waals surface area contributed by atoms with Crippen LogP contribution in [0.3, 0.4) is 0 Å². The number of nitrogens with zero attached hydrogens (tertiary/aromatic N) is 1. The highest BCUT2D eigenvalue weighted by molar-refractivity contribution is 5.80. The molecule has 1 aromatic rings. The normalized spacial score (nSPS) is 14.0. The van der Waals surface area contributed by atoms with Gasteiger partial charge in [-0.25, -0.2) is 0 Å². The third kappa shape index (κ3) is 5.36. The Morgan fingerprint density at radius 3 is 2.68 bits per heavy atom. The van der Waals surface area contributed by atoms with Crippen LogP contribution in [0.5, 0.6) is 5.75 Å². The van der Waals surface area contributed by atoms with E-state index in [1.54, 1.807) is 13.0 Å². The fraction of sp³-hybridized carbons (Fsp3) is 0.364. The van der Waals surface area contributed by atoms with Crippen molar-refractivity contribution in [3.05, 3.63) is 24.3 Å². The van der Waals surface area contributed by atoms with E-state index in [9.17, 15) is 13.2 Å². The second-order valence-electron chi connectivity index (χ2n) is 3.88. The van der Waals surface area contributed by atoms with Gasteiger partial charge in [-0.1, -0.05) is 17.3 Å². The van der Waals surface area contributed by atoms with Crippen molar-refractivity contribution < 1.29 is 23.1 Å². The summed E-state index contributed by atoms with van der Waals surface area (Å²) in [5.41, 5.74) is 5.49. The summed E-state index contributed by atoms with van der Waals surface area (Å²) in [6.07, 6.45) is -4.58. The van der Waals surface area contributed by atoms with Crippen LogP contribution in [0.25, 0.3) is 0 Å². The van der Waals surface area contributed by atoms with Gasteiger partial charge in [-0.15, -0.1) is 13.2 Å². The molecular formula is C11H14F3N3O2. The number of para-hydroxylation sites is 2. The Morgan fingerprint density at radius 1 is 1.47 bits per heavy atom. The average Bonchev–Trinajstić information content (AvgIpc) is 2.29. The van der Waals surface area contributed by atoms with Gasteiger partial charge >= 0.3 is 6.36 Å². The maximum Gasteiger partial charge on any atom is 0.573 e. The second-order valence-corrected chi connectivity index (χ2v) is 3.88. The molecule has 0 heterocycles. The number of amidine groups is 1. The predicted octanol–water partition coefficient (Wildman–Crippen LogP) is 2.52. The van der Waals surface area contributed by atoms with E-state index in [1.807, 2.05) is 0 Å². The Morgan fingerprint density at radius 2 is 2.11 bits per heavy atom. The van der Waals surface area contributed by atoms with Crippen LogP contribution in [-0.2, 0) is 0 Å². The summed E-state index contributed by atoms with van der Waals surface area (Å²) in [7, 11) is 0. The summed E-state index contributed by atoms with van der Waals surface area (Å²) in [5, 5.41) is 14.0. The van der Waals surface area contributed by atoms with Crippen LogP contribution in [0.2, 0.25) is 0 Å². The van der Waals surface area contributed by atoms with Gasteiger partial charge in [0.15, 0.2) is 5.75 Å². The molecule has 0 saturated heterocycles. The van der Waals surface area contributed by atoms with Crippen molar-refractivity contribution >= 4 is 11.5 Å². The SMILES string of the molecule is CC(CC(N)=NO)Nc1ccccc1OC(F)(F)F. The first-order valence-electron chi connectivity index (χ1n) is 5.39. The van der Waals surface area contributed by atoms with E-state index in [2.05, 4.69) is 15.2 Å². The van der Waals surface area contributed by atoms with Gasteiger partial charge in [-0.2, -0.15) is 0 Å². The molecule has 5 nitrogen and oxygen atoms in total. The number of halogens is 3.